The summed E-state index contributed by atoms with van der Waals surface area (Å²) >= 11 is 0. The number of para-hydroxylation sites is 1. The Morgan fingerprint density at radius 2 is 1.11 bits per heavy atom. The van der Waals surface area contributed by atoms with Gasteiger partial charge in [-0.15, -0.1) is 0 Å². The number of nitrogens with zero attached hydrogens (tertiary/aromatic N) is 3. The lowest BCUT2D eigenvalue weighted by Crippen LogP contribution is -1.94. The van der Waals surface area contributed by atoms with Crippen molar-refractivity contribution < 1.29 is 4.42 Å². The van der Waals surface area contributed by atoms with Gasteiger partial charge in [-0.05, 0) is 41.5 Å². The molecular weight excluding hydrogens is 538 g/mol. The summed E-state index contributed by atoms with van der Waals surface area (Å²) < 4.78 is 9.19. The van der Waals surface area contributed by atoms with Crippen molar-refractivity contribution in [3.63, 3.8) is 0 Å². The van der Waals surface area contributed by atoms with E-state index in [1.165, 1.54) is 11.1 Å². The van der Waals surface area contributed by atoms with E-state index in [2.05, 4.69) is 108 Å². The van der Waals surface area contributed by atoms with E-state index in [4.69, 9.17) is 14.4 Å². The molecule has 0 N–H and O–H groups in total. The molecular formula is C40H25N3O. The lowest BCUT2D eigenvalue weighted by Gasteiger charge is -2.10. The van der Waals surface area contributed by atoms with Gasteiger partial charge >= 0.3 is 0 Å². The number of furan rings is 1. The number of aromatic nitrogens is 3. The number of hydrogen-bond donors (Lipinski definition) is 0. The quantitative estimate of drug-likeness (QED) is 0.214. The molecule has 4 heteroatoms. The third-order valence-corrected chi connectivity index (χ3v) is 8.41. The van der Waals surface area contributed by atoms with E-state index in [0.717, 1.165) is 60.8 Å². The Kier molecular flexibility index (Phi) is 5.47. The lowest BCUT2D eigenvalue weighted by atomic mass is 10.1. The number of fused-ring (bicyclic) bond motifs is 7. The van der Waals surface area contributed by atoms with Gasteiger partial charge < -0.3 is 8.98 Å². The summed E-state index contributed by atoms with van der Waals surface area (Å²) in [6.45, 7) is 0. The predicted molar refractivity (Wildman–Crippen MR) is 180 cm³/mol. The predicted octanol–water partition coefficient (Wildman–Crippen LogP) is 10.5. The highest BCUT2D eigenvalue weighted by molar-refractivity contribution is 6.24. The zero-order chi connectivity index (χ0) is 29.0. The smallest absolute Gasteiger partial charge is 0.180 e. The molecule has 9 aromatic rings. The highest BCUT2D eigenvalue weighted by Crippen LogP contribution is 2.42. The summed E-state index contributed by atoms with van der Waals surface area (Å²) in [5.74, 6) is 0.680. The van der Waals surface area contributed by atoms with Crippen LogP contribution in [0.5, 0.6) is 0 Å². The Labute approximate surface area is 253 Å². The lowest BCUT2D eigenvalue weighted by molar-refractivity contribution is 0.671. The minimum atomic E-state index is 0.680. The van der Waals surface area contributed by atoms with E-state index in [-0.39, 0.29) is 0 Å². The molecule has 0 atom stereocenters. The van der Waals surface area contributed by atoms with Gasteiger partial charge in [0.05, 0.1) is 16.4 Å². The maximum absolute atomic E-state index is 6.85. The van der Waals surface area contributed by atoms with Crippen molar-refractivity contribution in [2.75, 3.05) is 0 Å². The molecule has 0 aliphatic heterocycles. The van der Waals surface area contributed by atoms with Crippen LogP contribution in [-0.2, 0) is 0 Å². The Morgan fingerprint density at radius 3 is 1.89 bits per heavy atom. The molecule has 0 saturated carbocycles. The Bertz CT molecular complexity index is 2480. The first kappa shape index (κ1) is 24.6. The Balaban J connectivity index is 1.36. The molecule has 9 rings (SSSR count). The first-order valence-corrected chi connectivity index (χ1v) is 14.8. The van der Waals surface area contributed by atoms with E-state index in [0.29, 0.717) is 11.4 Å². The first-order valence-electron chi connectivity index (χ1n) is 14.8. The van der Waals surface area contributed by atoms with Crippen LogP contribution in [0, 0.1) is 0 Å². The Hall–Kier alpha value is -6.00. The third-order valence-electron chi connectivity index (χ3n) is 8.41. The standard InChI is InChI=1S/C40H25N3O/c1-4-13-26(14-5-1)29-19-12-20-30(25-29)43-33-22-11-10-21-31(33)35-34(43)24-23-32-37-39(44-38(32)35)36(27-15-6-2-7-16-27)41-40(42-37)28-17-8-3-9-18-28/h1-25H. The van der Waals surface area contributed by atoms with Crippen molar-refractivity contribution in [2.45, 2.75) is 0 Å². The molecule has 0 unspecified atom stereocenters. The van der Waals surface area contributed by atoms with E-state index in [1.54, 1.807) is 0 Å². The molecule has 0 fully saturated rings. The van der Waals surface area contributed by atoms with E-state index in [9.17, 15) is 0 Å². The zero-order valence-corrected chi connectivity index (χ0v) is 23.7. The van der Waals surface area contributed by atoms with Crippen molar-refractivity contribution in [2.24, 2.45) is 0 Å². The monoisotopic (exact) mass is 563 g/mol. The second-order valence-electron chi connectivity index (χ2n) is 11.0. The molecule has 0 radical (unpaired) electrons. The molecule has 4 nitrogen and oxygen atoms in total. The third kappa shape index (κ3) is 3.78. The molecule has 0 bridgehead atoms. The first-order chi connectivity index (χ1) is 21.8. The fourth-order valence-corrected chi connectivity index (χ4v) is 6.39. The van der Waals surface area contributed by atoms with Gasteiger partial charge in [-0.1, -0.05) is 121 Å². The molecule has 3 aromatic heterocycles. The van der Waals surface area contributed by atoms with Gasteiger partial charge in [0.15, 0.2) is 11.4 Å². The fourth-order valence-electron chi connectivity index (χ4n) is 6.39. The van der Waals surface area contributed by atoms with Gasteiger partial charge in [0.25, 0.3) is 0 Å². The maximum Gasteiger partial charge on any atom is 0.180 e. The molecule has 44 heavy (non-hydrogen) atoms. The van der Waals surface area contributed by atoms with Gasteiger partial charge in [0.2, 0.25) is 0 Å². The maximum atomic E-state index is 6.85. The molecule has 0 saturated heterocycles. The highest BCUT2D eigenvalue weighted by Gasteiger charge is 2.22. The van der Waals surface area contributed by atoms with Crippen LogP contribution in [0.15, 0.2) is 156 Å². The fraction of sp³-hybridized carbons (Fsp3) is 0. The molecule has 0 amide bonds. The van der Waals surface area contributed by atoms with Crippen LogP contribution in [0.3, 0.4) is 0 Å². The average Bonchev–Trinajstić information content (AvgIpc) is 3.65. The molecule has 3 heterocycles. The van der Waals surface area contributed by atoms with Gasteiger partial charge in [0, 0.05) is 27.6 Å². The van der Waals surface area contributed by atoms with Crippen LogP contribution in [0.1, 0.15) is 0 Å². The Morgan fingerprint density at radius 1 is 0.455 bits per heavy atom. The summed E-state index contributed by atoms with van der Waals surface area (Å²) in [5.41, 5.74) is 10.8. The van der Waals surface area contributed by atoms with Crippen molar-refractivity contribution in [1.29, 1.82) is 0 Å². The van der Waals surface area contributed by atoms with Crippen molar-refractivity contribution in [3.05, 3.63) is 152 Å². The van der Waals surface area contributed by atoms with Gasteiger partial charge in [-0.3, -0.25) is 0 Å². The molecule has 6 aromatic carbocycles. The second kappa shape index (κ2) is 9.79. The summed E-state index contributed by atoms with van der Waals surface area (Å²) in [6.07, 6.45) is 0. The average molecular weight is 564 g/mol. The van der Waals surface area contributed by atoms with E-state index < -0.39 is 0 Å². The van der Waals surface area contributed by atoms with Crippen LogP contribution < -0.4 is 0 Å². The largest absolute Gasteiger partial charge is 0.451 e. The number of hydrogen-bond acceptors (Lipinski definition) is 3. The molecule has 0 aliphatic rings. The van der Waals surface area contributed by atoms with Crippen LogP contribution in [-0.4, -0.2) is 14.5 Å². The summed E-state index contributed by atoms with van der Waals surface area (Å²) in [7, 11) is 0. The minimum absolute atomic E-state index is 0.680. The highest BCUT2D eigenvalue weighted by atomic mass is 16.3. The topological polar surface area (TPSA) is 43.9 Å². The van der Waals surface area contributed by atoms with Gasteiger partial charge in [-0.2, -0.15) is 0 Å². The van der Waals surface area contributed by atoms with E-state index in [1.807, 2.05) is 48.5 Å². The number of benzene rings is 6. The summed E-state index contributed by atoms with van der Waals surface area (Å²) in [6, 6.07) is 52.5. The zero-order valence-electron chi connectivity index (χ0n) is 23.7. The molecule has 0 spiro atoms. The van der Waals surface area contributed by atoms with Crippen molar-refractivity contribution in [3.8, 4) is 39.5 Å². The van der Waals surface area contributed by atoms with Crippen LogP contribution >= 0.6 is 0 Å². The van der Waals surface area contributed by atoms with Crippen LogP contribution in [0.4, 0.5) is 0 Å². The van der Waals surface area contributed by atoms with Crippen LogP contribution in [0.2, 0.25) is 0 Å². The summed E-state index contributed by atoms with van der Waals surface area (Å²) in [5, 5.41) is 3.18. The summed E-state index contributed by atoms with van der Waals surface area (Å²) in [4.78, 5) is 10.2. The minimum Gasteiger partial charge on any atom is -0.451 e. The van der Waals surface area contributed by atoms with Crippen molar-refractivity contribution >= 4 is 43.9 Å². The van der Waals surface area contributed by atoms with E-state index >= 15 is 0 Å². The number of rotatable bonds is 4. The normalized spacial score (nSPS) is 11.6. The molecule has 206 valence electrons. The SMILES string of the molecule is c1ccc(-c2cccc(-n3c4ccccc4c4c5oc6c(-c7ccccc7)nc(-c7ccccc7)nc6c5ccc43)c2)cc1. The molecule has 0 aliphatic carbocycles. The van der Waals surface area contributed by atoms with Crippen LogP contribution in [0.25, 0.3) is 83.3 Å². The second-order valence-corrected chi connectivity index (χ2v) is 11.0. The van der Waals surface area contributed by atoms with Gasteiger partial charge in [0.1, 0.15) is 16.8 Å². The van der Waals surface area contributed by atoms with Gasteiger partial charge in [-0.25, -0.2) is 9.97 Å². The van der Waals surface area contributed by atoms with Crippen molar-refractivity contribution in [1.82, 2.24) is 14.5 Å².